The summed E-state index contributed by atoms with van der Waals surface area (Å²) in [5.41, 5.74) is 1.32. The topological polar surface area (TPSA) is 129 Å². The van der Waals surface area contributed by atoms with Crippen molar-refractivity contribution in [3.8, 4) is 11.4 Å². The minimum Gasteiger partial charge on any atom is -0.335 e. The maximum Gasteiger partial charge on any atom is 0.274 e. The Morgan fingerprint density at radius 1 is 1.28 bits per heavy atom. The number of thioether (sulfide) groups is 1. The molecule has 9 nitrogen and oxygen atoms in total. The first-order valence-corrected chi connectivity index (χ1v) is 9.84. The van der Waals surface area contributed by atoms with Crippen LogP contribution in [0.2, 0.25) is 10.0 Å². The summed E-state index contributed by atoms with van der Waals surface area (Å²) in [5.74, 6) is 5.95. The molecule has 0 atom stereocenters. The Bertz CT molecular complexity index is 1100. The molecule has 12 heteroatoms. The van der Waals surface area contributed by atoms with E-state index in [1.165, 1.54) is 10.7 Å². The number of halogens is 2. The number of carbonyl (C=O) groups is 1. The smallest absolute Gasteiger partial charge is 0.274 e. The SMILES string of the molecule is Cc1ccc(NC(=O)CSc2nnc(-c3ccc(Cl)cc3Cl)n2N)cc1[N+](=O)[O-]. The first-order chi connectivity index (χ1) is 13.8. The summed E-state index contributed by atoms with van der Waals surface area (Å²) in [4.78, 5) is 22.7. The zero-order valence-corrected chi connectivity index (χ0v) is 17.3. The maximum atomic E-state index is 12.2. The molecule has 0 spiro atoms. The highest BCUT2D eigenvalue weighted by molar-refractivity contribution is 7.99. The van der Waals surface area contributed by atoms with E-state index in [-0.39, 0.29) is 17.3 Å². The van der Waals surface area contributed by atoms with Gasteiger partial charge in [-0.3, -0.25) is 14.9 Å². The summed E-state index contributed by atoms with van der Waals surface area (Å²) in [7, 11) is 0. The average molecular weight is 453 g/mol. The summed E-state index contributed by atoms with van der Waals surface area (Å²) in [5, 5.41) is 22.8. The Morgan fingerprint density at radius 3 is 2.72 bits per heavy atom. The van der Waals surface area contributed by atoms with Crippen LogP contribution in [0.15, 0.2) is 41.6 Å². The number of aryl methyl sites for hydroxylation is 1. The number of amides is 1. The quantitative estimate of drug-likeness (QED) is 0.251. The summed E-state index contributed by atoms with van der Waals surface area (Å²) in [6.07, 6.45) is 0. The third-order valence-corrected chi connectivity index (χ3v) is 5.35. The van der Waals surface area contributed by atoms with Crippen LogP contribution in [0.5, 0.6) is 0 Å². The number of nitrogens with one attached hydrogen (secondary N) is 1. The molecule has 1 heterocycles. The largest absolute Gasteiger partial charge is 0.335 e. The Kier molecular flexibility index (Phi) is 6.26. The van der Waals surface area contributed by atoms with E-state index < -0.39 is 4.92 Å². The number of aromatic nitrogens is 3. The second-order valence-electron chi connectivity index (χ2n) is 5.90. The molecule has 0 unspecified atom stereocenters. The fourth-order valence-corrected chi connectivity index (χ4v) is 3.59. The van der Waals surface area contributed by atoms with Crippen LogP contribution in [0.1, 0.15) is 5.56 Å². The van der Waals surface area contributed by atoms with Gasteiger partial charge in [-0.2, -0.15) is 0 Å². The molecule has 0 saturated heterocycles. The predicted octanol–water partition coefficient (Wildman–Crippen LogP) is 3.91. The summed E-state index contributed by atoms with van der Waals surface area (Å²) >= 11 is 13.1. The molecule has 0 bridgehead atoms. The lowest BCUT2D eigenvalue weighted by Crippen LogP contribution is -2.16. The molecule has 1 aromatic heterocycles. The molecule has 0 aliphatic carbocycles. The van der Waals surface area contributed by atoms with E-state index in [0.29, 0.717) is 37.8 Å². The average Bonchev–Trinajstić information content (AvgIpc) is 3.02. The number of nitrogens with two attached hydrogens (primary N) is 1. The molecule has 0 aliphatic heterocycles. The molecule has 29 heavy (non-hydrogen) atoms. The number of nitrogen functional groups attached to an aromatic ring is 1. The molecule has 0 aliphatic rings. The number of anilines is 1. The van der Waals surface area contributed by atoms with Gasteiger partial charge >= 0.3 is 0 Å². The van der Waals surface area contributed by atoms with Crippen LogP contribution >= 0.6 is 35.0 Å². The van der Waals surface area contributed by atoms with Gasteiger partial charge in [0.2, 0.25) is 11.1 Å². The zero-order chi connectivity index (χ0) is 21.1. The highest BCUT2D eigenvalue weighted by Crippen LogP contribution is 2.30. The molecular weight excluding hydrogens is 439 g/mol. The molecule has 0 fully saturated rings. The van der Waals surface area contributed by atoms with E-state index in [4.69, 9.17) is 29.0 Å². The summed E-state index contributed by atoms with van der Waals surface area (Å²) in [6, 6.07) is 9.36. The van der Waals surface area contributed by atoms with Gasteiger partial charge in [-0.05, 0) is 31.2 Å². The number of nitro groups is 1. The molecule has 3 rings (SSSR count). The van der Waals surface area contributed by atoms with Crippen LogP contribution in [-0.2, 0) is 4.79 Å². The lowest BCUT2D eigenvalue weighted by Gasteiger charge is -2.07. The number of rotatable bonds is 6. The normalized spacial score (nSPS) is 10.7. The summed E-state index contributed by atoms with van der Waals surface area (Å²) < 4.78 is 1.23. The van der Waals surface area contributed by atoms with Gasteiger partial charge in [0.25, 0.3) is 5.69 Å². The van der Waals surface area contributed by atoms with Crippen LogP contribution in [0.4, 0.5) is 11.4 Å². The predicted molar refractivity (Wildman–Crippen MR) is 113 cm³/mol. The summed E-state index contributed by atoms with van der Waals surface area (Å²) in [6.45, 7) is 1.62. The molecule has 0 radical (unpaired) electrons. The molecule has 150 valence electrons. The third kappa shape index (κ3) is 4.78. The molecular formula is C17H14Cl2N6O3S. The number of nitrogens with zero attached hydrogens (tertiary/aromatic N) is 4. The third-order valence-electron chi connectivity index (χ3n) is 3.86. The van der Waals surface area contributed by atoms with Gasteiger partial charge in [-0.1, -0.05) is 41.0 Å². The van der Waals surface area contributed by atoms with E-state index in [9.17, 15) is 14.9 Å². The molecule has 0 saturated carbocycles. The molecule has 2 aromatic carbocycles. The van der Waals surface area contributed by atoms with Crippen molar-refractivity contribution in [2.45, 2.75) is 12.1 Å². The van der Waals surface area contributed by atoms with E-state index in [2.05, 4.69) is 15.5 Å². The van der Waals surface area contributed by atoms with E-state index in [0.717, 1.165) is 11.8 Å². The van der Waals surface area contributed by atoms with Gasteiger partial charge in [0.05, 0.1) is 15.7 Å². The highest BCUT2D eigenvalue weighted by Gasteiger charge is 2.17. The van der Waals surface area contributed by atoms with Crippen molar-refractivity contribution in [2.24, 2.45) is 0 Å². The van der Waals surface area contributed by atoms with Crippen molar-refractivity contribution >= 4 is 52.2 Å². The number of hydrogen-bond acceptors (Lipinski definition) is 7. The fraction of sp³-hybridized carbons (Fsp3) is 0.118. The second kappa shape index (κ2) is 8.68. The number of benzene rings is 2. The molecule has 3 N–H and O–H groups in total. The Hall–Kier alpha value is -2.82. The van der Waals surface area contributed by atoms with Gasteiger partial charge in [0, 0.05) is 27.9 Å². The number of nitro benzene ring substituents is 1. The monoisotopic (exact) mass is 452 g/mol. The minimum atomic E-state index is -0.500. The van der Waals surface area contributed by atoms with Crippen LogP contribution in [0.25, 0.3) is 11.4 Å². The van der Waals surface area contributed by atoms with Gasteiger partial charge in [0.15, 0.2) is 5.82 Å². The van der Waals surface area contributed by atoms with Crippen LogP contribution in [0.3, 0.4) is 0 Å². The van der Waals surface area contributed by atoms with Gasteiger partial charge < -0.3 is 11.2 Å². The number of hydrogen-bond donors (Lipinski definition) is 2. The van der Waals surface area contributed by atoms with Crippen molar-refractivity contribution < 1.29 is 9.72 Å². The van der Waals surface area contributed by atoms with E-state index >= 15 is 0 Å². The van der Waals surface area contributed by atoms with Gasteiger partial charge in [0.1, 0.15) is 0 Å². The minimum absolute atomic E-state index is 0.0225. The van der Waals surface area contributed by atoms with Gasteiger partial charge in [-0.25, -0.2) is 4.68 Å². The zero-order valence-electron chi connectivity index (χ0n) is 14.9. The first kappa shape index (κ1) is 20.9. The lowest BCUT2D eigenvalue weighted by atomic mass is 10.2. The van der Waals surface area contributed by atoms with Crippen molar-refractivity contribution in [1.29, 1.82) is 0 Å². The van der Waals surface area contributed by atoms with Crippen molar-refractivity contribution in [3.05, 3.63) is 62.1 Å². The first-order valence-electron chi connectivity index (χ1n) is 8.10. The Labute approximate surface area is 179 Å². The lowest BCUT2D eigenvalue weighted by molar-refractivity contribution is -0.385. The van der Waals surface area contributed by atoms with Crippen molar-refractivity contribution in [1.82, 2.24) is 14.9 Å². The van der Waals surface area contributed by atoms with Crippen molar-refractivity contribution in [2.75, 3.05) is 16.9 Å². The Morgan fingerprint density at radius 2 is 2.03 bits per heavy atom. The van der Waals surface area contributed by atoms with Crippen LogP contribution < -0.4 is 11.2 Å². The molecule has 1 amide bonds. The van der Waals surface area contributed by atoms with E-state index in [1.807, 2.05) is 0 Å². The standard InChI is InChI=1S/C17H14Cl2N6O3S/c1-9-2-4-11(7-14(9)25(27)28)21-15(26)8-29-17-23-22-16(24(17)20)12-5-3-10(18)6-13(12)19/h2-7H,8,20H2,1H3,(H,21,26). The Balaban J connectivity index is 1.68. The van der Waals surface area contributed by atoms with Crippen LogP contribution in [-0.4, -0.2) is 31.5 Å². The second-order valence-corrected chi connectivity index (χ2v) is 7.68. The molecule has 3 aromatic rings. The number of carbonyl (C=O) groups excluding carboxylic acids is 1. The van der Waals surface area contributed by atoms with Gasteiger partial charge in [-0.15, -0.1) is 10.2 Å². The van der Waals surface area contributed by atoms with E-state index in [1.54, 1.807) is 37.3 Å². The van der Waals surface area contributed by atoms with Crippen molar-refractivity contribution in [3.63, 3.8) is 0 Å². The maximum absolute atomic E-state index is 12.2. The highest BCUT2D eigenvalue weighted by atomic mass is 35.5. The fourth-order valence-electron chi connectivity index (χ4n) is 2.44. The van der Waals surface area contributed by atoms with Crippen LogP contribution in [0, 0.1) is 17.0 Å².